The third-order valence-corrected chi connectivity index (χ3v) is 2.95. The monoisotopic (exact) mass is 250 g/mol. The largest absolute Gasteiger partial charge is 0.478 e. The number of para-hydroxylation sites is 1. The highest BCUT2D eigenvalue weighted by atomic mass is 16.5. The van der Waals surface area contributed by atoms with Gasteiger partial charge in [-0.3, -0.25) is 4.98 Å². The topological polar surface area (TPSA) is 35.0 Å². The first-order chi connectivity index (χ1) is 9.36. The van der Waals surface area contributed by atoms with Crippen LogP contribution in [0.3, 0.4) is 0 Å². The lowest BCUT2D eigenvalue weighted by atomic mass is 10.1. The minimum absolute atomic E-state index is 0.629. The predicted octanol–water partition coefficient (Wildman–Crippen LogP) is 3.70. The van der Waals surface area contributed by atoms with Crippen LogP contribution in [0.1, 0.15) is 6.92 Å². The smallest absolute Gasteiger partial charge is 0.213 e. The van der Waals surface area contributed by atoms with Crippen LogP contribution in [-0.4, -0.2) is 16.6 Å². The van der Waals surface area contributed by atoms with Crippen molar-refractivity contribution in [1.29, 1.82) is 0 Å². The molecule has 2 heterocycles. The van der Waals surface area contributed by atoms with Gasteiger partial charge in [-0.25, -0.2) is 4.98 Å². The van der Waals surface area contributed by atoms with Gasteiger partial charge >= 0.3 is 0 Å². The van der Waals surface area contributed by atoms with Gasteiger partial charge < -0.3 is 4.74 Å². The Morgan fingerprint density at radius 2 is 1.79 bits per heavy atom. The summed E-state index contributed by atoms with van der Waals surface area (Å²) >= 11 is 0. The van der Waals surface area contributed by atoms with Gasteiger partial charge in [0, 0.05) is 35.0 Å². The normalized spacial score (nSPS) is 10.6. The third-order valence-electron chi connectivity index (χ3n) is 2.95. The van der Waals surface area contributed by atoms with Crippen LogP contribution in [0.5, 0.6) is 5.88 Å². The number of aromatic nitrogens is 2. The summed E-state index contributed by atoms with van der Waals surface area (Å²) in [6.45, 7) is 2.58. The van der Waals surface area contributed by atoms with Crippen LogP contribution < -0.4 is 4.74 Å². The summed E-state index contributed by atoms with van der Waals surface area (Å²) in [5, 5.41) is 1.13. The molecule has 1 aromatic carbocycles. The molecule has 3 heteroatoms. The molecule has 0 bridgehead atoms. The molecule has 0 unspecified atom stereocenters. The van der Waals surface area contributed by atoms with Crippen LogP contribution in [0, 0.1) is 0 Å². The molecule has 19 heavy (non-hydrogen) atoms. The van der Waals surface area contributed by atoms with Gasteiger partial charge in [0.25, 0.3) is 0 Å². The molecule has 0 aliphatic heterocycles. The van der Waals surface area contributed by atoms with Gasteiger partial charge in [-0.2, -0.15) is 0 Å². The van der Waals surface area contributed by atoms with Crippen molar-refractivity contribution in [3.05, 3.63) is 54.9 Å². The maximum absolute atomic E-state index is 5.34. The first kappa shape index (κ1) is 11.7. The molecule has 3 aromatic rings. The summed E-state index contributed by atoms with van der Waals surface area (Å²) in [7, 11) is 0. The molecule has 3 nitrogen and oxygen atoms in total. The zero-order valence-electron chi connectivity index (χ0n) is 10.7. The Morgan fingerprint density at radius 3 is 2.58 bits per heavy atom. The highest BCUT2D eigenvalue weighted by Crippen LogP contribution is 2.23. The van der Waals surface area contributed by atoms with E-state index in [9.17, 15) is 0 Å². The Hall–Kier alpha value is -2.42. The molecule has 0 radical (unpaired) electrons. The van der Waals surface area contributed by atoms with E-state index in [4.69, 9.17) is 4.74 Å². The lowest BCUT2D eigenvalue weighted by Gasteiger charge is -2.05. The van der Waals surface area contributed by atoms with Crippen molar-refractivity contribution in [2.45, 2.75) is 6.92 Å². The number of ether oxygens (including phenoxy) is 1. The Kier molecular flexibility index (Phi) is 3.11. The van der Waals surface area contributed by atoms with E-state index in [0.717, 1.165) is 22.0 Å². The second-order valence-corrected chi connectivity index (χ2v) is 4.23. The Bertz CT molecular complexity index is 692. The Labute approximate surface area is 111 Å². The zero-order valence-corrected chi connectivity index (χ0v) is 10.7. The number of rotatable bonds is 3. The highest BCUT2D eigenvalue weighted by Gasteiger charge is 2.02. The quantitative estimate of drug-likeness (QED) is 0.711. The van der Waals surface area contributed by atoms with Crippen molar-refractivity contribution >= 4 is 10.9 Å². The van der Waals surface area contributed by atoms with Gasteiger partial charge in [-0.05, 0) is 25.1 Å². The Balaban J connectivity index is 1.99. The molecule has 3 rings (SSSR count). The van der Waals surface area contributed by atoms with Crippen LogP contribution in [0.25, 0.3) is 22.0 Å². The molecule has 2 aromatic heterocycles. The molecule has 0 aliphatic carbocycles. The summed E-state index contributed by atoms with van der Waals surface area (Å²) in [5.74, 6) is 0.653. The lowest BCUT2D eigenvalue weighted by molar-refractivity contribution is 0.327. The maximum atomic E-state index is 5.34. The molecule has 0 saturated heterocycles. The molecule has 0 amide bonds. The molecule has 0 fully saturated rings. The van der Waals surface area contributed by atoms with Crippen molar-refractivity contribution in [2.24, 2.45) is 0 Å². The number of hydrogen-bond donors (Lipinski definition) is 0. The van der Waals surface area contributed by atoms with Gasteiger partial charge in [0.2, 0.25) is 5.88 Å². The van der Waals surface area contributed by atoms with Gasteiger partial charge in [-0.1, -0.05) is 18.2 Å². The predicted molar refractivity (Wildman–Crippen MR) is 76.1 cm³/mol. The number of nitrogens with zero attached hydrogens (tertiary/aromatic N) is 2. The minimum atomic E-state index is 0.629. The van der Waals surface area contributed by atoms with Crippen LogP contribution in [0.15, 0.2) is 54.9 Å². The van der Waals surface area contributed by atoms with Crippen LogP contribution >= 0.6 is 0 Å². The summed E-state index contributed by atoms with van der Waals surface area (Å²) in [6.07, 6.45) is 3.69. The van der Waals surface area contributed by atoms with Gasteiger partial charge in [0.15, 0.2) is 0 Å². The van der Waals surface area contributed by atoms with E-state index < -0.39 is 0 Å². The summed E-state index contributed by atoms with van der Waals surface area (Å²) in [4.78, 5) is 8.73. The third kappa shape index (κ3) is 2.40. The Morgan fingerprint density at radius 1 is 0.947 bits per heavy atom. The summed E-state index contributed by atoms with van der Waals surface area (Å²) in [6, 6.07) is 14.1. The first-order valence-corrected chi connectivity index (χ1v) is 6.31. The number of benzene rings is 1. The van der Waals surface area contributed by atoms with Crippen molar-refractivity contribution in [3.63, 3.8) is 0 Å². The molecule has 0 saturated carbocycles. The van der Waals surface area contributed by atoms with Crippen LogP contribution in [-0.2, 0) is 0 Å². The molecule has 0 atom stereocenters. The van der Waals surface area contributed by atoms with E-state index in [2.05, 4.69) is 22.1 Å². The molecule has 94 valence electrons. The van der Waals surface area contributed by atoms with E-state index in [1.807, 2.05) is 49.6 Å². The highest BCUT2D eigenvalue weighted by molar-refractivity contribution is 5.83. The fourth-order valence-electron chi connectivity index (χ4n) is 2.01. The summed E-state index contributed by atoms with van der Waals surface area (Å²) in [5.41, 5.74) is 3.11. The SMILES string of the molecule is CCOc1ccc(-c2cnc3ccccc3c2)cn1. The maximum Gasteiger partial charge on any atom is 0.213 e. The van der Waals surface area contributed by atoms with E-state index in [1.165, 1.54) is 0 Å². The van der Waals surface area contributed by atoms with E-state index in [0.29, 0.717) is 12.5 Å². The second-order valence-electron chi connectivity index (χ2n) is 4.23. The minimum Gasteiger partial charge on any atom is -0.478 e. The van der Waals surface area contributed by atoms with Crippen molar-refractivity contribution in [2.75, 3.05) is 6.61 Å². The number of hydrogen-bond acceptors (Lipinski definition) is 3. The van der Waals surface area contributed by atoms with Crippen molar-refractivity contribution in [1.82, 2.24) is 9.97 Å². The van der Waals surface area contributed by atoms with E-state index >= 15 is 0 Å². The number of fused-ring (bicyclic) bond motifs is 1. The van der Waals surface area contributed by atoms with Gasteiger partial charge in [0.05, 0.1) is 12.1 Å². The fraction of sp³-hybridized carbons (Fsp3) is 0.125. The average molecular weight is 250 g/mol. The van der Waals surface area contributed by atoms with Gasteiger partial charge in [0.1, 0.15) is 0 Å². The van der Waals surface area contributed by atoms with Crippen LogP contribution in [0.4, 0.5) is 0 Å². The number of pyridine rings is 2. The molecular formula is C16H14N2O. The lowest BCUT2D eigenvalue weighted by Crippen LogP contribution is -1.93. The molecule has 0 spiro atoms. The zero-order chi connectivity index (χ0) is 13.1. The van der Waals surface area contributed by atoms with E-state index in [-0.39, 0.29) is 0 Å². The van der Waals surface area contributed by atoms with E-state index in [1.54, 1.807) is 0 Å². The average Bonchev–Trinajstić information content (AvgIpc) is 2.48. The van der Waals surface area contributed by atoms with Gasteiger partial charge in [-0.15, -0.1) is 0 Å². The second kappa shape index (κ2) is 5.06. The molecular weight excluding hydrogens is 236 g/mol. The van der Waals surface area contributed by atoms with Crippen LogP contribution in [0.2, 0.25) is 0 Å². The van der Waals surface area contributed by atoms with Crippen molar-refractivity contribution in [3.8, 4) is 17.0 Å². The first-order valence-electron chi connectivity index (χ1n) is 6.31. The molecule has 0 aliphatic rings. The molecule has 0 N–H and O–H groups in total. The summed E-state index contributed by atoms with van der Waals surface area (Å²) < 4.78 is 5.34. The standard InChI is InChI=1S/C16H14N2O/c1-2-19-16-8-7-13(10-18-16)14-9-12-5-3-4-6-15(12)17-11-14/h3-11H,2H2,1H3. The van der Waals surface area contributed by atoms with Crippen molar-refractivity contribution < 1.29 is 4.74 Å². The fourth-order valence-corrected chi connectivity index (χ4v) is 2.01.